The molecule has 0 fully saturated rings. The summed E-state index contributed by atoms with van der Waals surface area (Å²) in [6.07, 6.45) is 1.54. The van der Waals surface area contributed by atoms with E-state index in [0.29, 0.717) is 17.1 Å². The lowest BCUT2D eigenvalue weighted by atomic mass is 10.3. The second-order valence-electron chi connectivity index (χ2n) is 2.64. The molecule has 0 atom stereocenters. The van der Waals surface area contributed by atoms with Crippen LogP contribution < -0.4 is 0 Å². The molecule has 0 bridgehead atoms. The molecule has 0 aliphatic heterocycles. The average molecular weight is 192 g/mol. The lowest BCUT2D eigenvalue weighted by Gasteiger charge is -1.90. The largest absolute Gasteiger partial charge is 0.464 e. The molecule has 0 aliphatic carbocycles. The van der Waals surface area contributed by atoms with Gasteiger partial charge in [-0.1, -0.05) is 0 Å². The monoisotopic (exact) mass is 192 g/mol. The van der Waals surface area contributed by atoms with Crippen LogP contribution in [0.3, 0.4) is 0 Å². The molecule has 0 spiro atoms. The smallest absolute Gasteiger partial charge is 0.356 e. The third kappa shape index (κ3) is 1.39. The molecular weight excluding hydrogens is 184 g/mol. The number of nitrogens with zero attached hydrogens (tertiary/aromatic N) is 1. The molecule has 0 aromatic carbocycles. The summed E-state index contributed by atoms with van der Waals surface area (Å²) in [4.78, 5) is 11.1. The van der Waals surface area contributed by atoms with Crippen LogP contribution in [0.15, 0.2) is 28.9 Å². The lowest BCUT2D eigenvalue weighted by Crippen LogP contribution is -2.00. The zero-order valence-electron chi connectivity index (χ0n) is 7.48. The highest BCUT2D eigenvalue weighted by Crippen LogP contribution is 2.17. The summed E-state index contributed by atoms with van der Waals surface area (Å²) in [5.74, 6) is 0.159. The van der Waals surface area contributed by atoms with Gasteiger partial charge in [0.05, 0.1) is 13.4 Å². The molecule has 1 N–H and O–H groups in total. The summed E-state index contributed by atoms with van der Waals surface area (Å²) in [6.45, 7) is 0. The summed E-state index contributed by atoms with van der Waals surface area (Å²) in [5.41, 5.74) is 0.884. The number of carbonyl (C=O) groups is 1. The van der Waals surface area contributed by atoms with Gasteiger partial charge in [0, 0.05) is 6.07 Å². The fourth-order valence-corrected chi connectivity index (χ4v) is 1.09. The predicted octanol–water partition coefficient (Wildman–Crippen LogP) is 1.46. The molecule has 0 unspecified atom stereocenters. The van der Waals surface area contributed by atoms with Crippen molar-refractivity contribution in [3.8, 4) is 11.5 Å². The zero-order valence-corrected chi connectivity index (χ0v) is 7.48. The van der Waals surface area contributed by atoms with Gasteiger partial charge in [-0.25, -0.2) is 4.79 Å². The minimum atomic E-state index is -0.449. The number of carbonyl (C=O) groups excluding carboxylic acids is 1. The molecule has 5 heteroatoms. The Morgan fingerprint density at radius 2 is 2.50 bits per heavy atom. The van der Waals surface area contributed by atoms with Gasteiger partial charge in [-0.05, 0) is 12.1 Å². The van der Waals surface area contributed by atoms with Crippen LogP contribution in [0, 0.1) is 0 Å². The quantitative estimate of drug-likeness (QED) is 0.731. The van der Waals surface area contributed by atoms with E-state index in [1.807, 2.05) is 0 Å². The fraction of sp³-hybridized carbons (Fsp3) is 0.111. The van der Waals surface area contributed by atoms with Crippen molar-refractivity contribution in [2.75, 3.05) is 7.11 Å². The van der Waals surface area contributed by atoms with E-state index in [-0.39, 0.29) is 0 Å². The first-order chi connectivity index (χ1) is 6.81. The number of methoxy groups -OCH3 is 1. The minimum Gasteiger partial charge on any atom is -0.464 e. The second-order valence-corrected chi connectivity index (χ2v) is 2.64. The first-order valence-corrected chi connectivity index (χ1v) is 3.99. The highest BCUT2D eigenvalue weighted by Gasteiger charge is 2.11. The predicted molar refractivity (Wildman–Crippen MR) is 47.6 cm³/mol. The van der Waals surface area contributed by atoms with Crippen molar-refractivity contribution >= 4 is 5.97 Å². The standard InChI is InChI=1S/C9H8N2O3/c1-13-9(12)7-5-6(10-11-7)8-3-2-4-14-8/h2-5H,1H3,(H,10,11). The van der Waals surface area contributed by atoms with Crippen LogP contribution >= 0.6 is 0 Å². The summed E-state index contributed by atoms with van der Waals surface area (Å²) >= 11 is 0. The highest BCUT2D eigenvalue weighted by atomic mass is 16.5. The normalized spacial score (nSPS) is 10.1. The number of aromatic amines is 1. The molecule has 0 saturated carbocycles. The summed E-state index contributed by atoms with van der Waals surface area (Å²) in [6, 6.07) is 5.09. The Kier molecular flexibility index (Phi) is 2.06. The van der Waals surface area contributed by atoms with Gasteiger partial charge in [-0.3, -0.25) is 5.10 Å². The third-order valence-corrected chi connectivity index (χ3v) is 1.76. The summed E-state index contributed by atoms with van der Waals surface area (Å²) in [7, 11) is 1.32. The van der Waals surface area contributed by atoms with E-state index in [1.165, 1.54) is 7.11 Å². The van der Waals surface area contributed by atoms with E-state index < -0.39 is 5.97 Å². The SMILES string of the molecule is COC(=O)c1cc(-c2ccco2)n[nH]1. The second kappa shape index (κ2) is 3.37. The molecule has 0 aliphatic rings. The average Bonchev–Trinajstić information content (AvgIpc) is 2.86. The van der Waals surface area contributed by atoms with Crippen molar-refractivity contribution in [3.63, 3.8) is 0 Å². The molecule has 0 amide bonds. The van der Waals surface area contributed by atoms with Gasteiger partial charge in [0.25, 0.3) is 0 Å². The van der Waals surface area contributed by atoms with Crippen LogP contribution in [-0.4, -0.2) is 23.3 Å². The number of furan rings is 1. The molecule has 2 rings (SSSR count). The first-order valence-electron chi connectivity index (χ1n) is 3.99. The van der Waals surface area contributed by atoms with Gasteiger partial charge in [0.15, 0.2) is 5.76 Å². The van der Waals surface area contributed by atoms with Gasteiger partial charge < -0.3 is 9.15 Å². The van der Waals surface area contributed by atoms with Crippen LogP contribution in [0.5, 0.6) is 0 Å². The molecule has 2 aromatic rings. The maximum atomic E-state index is 11.1. The number of hydrogen-bond acceptors (Lipinski definition) is 4. The van der Waals surface area contributed by atoms with Gasteiger partial charge in [0.2, 0.25) is 0 Å². The van der Waals surface area contributed by atoms with Crippen molar-refractivity contribution in [3.05, 3.63) is 30.2 Å². The van der Waals surface area contributed by atoms with Gasteiger partial charge >= 0.3 is 5.97 Å². The molecule has 0 saturated heterocycles. The first kappa shape index (κ1) is 8.55. The summed E-state index contributed by atoms with van der Waals surface area (Å²) in [5, 5.41) is 6.47. The molecule has 14 heavy (non-hydrogen) atoms. The molecule has 72 valence electrons. The van der Waals surface area contributed by atoms with E-state index >= 15 is 0 Å². The molecule has 0 radical (unpaired) electrons. The van der Waals surface area contributed by atoms with Crippen LogP contribution in [0.25, 0.3) is 11.5 Å². The van der Waals surface area contributed by atoms with E-state index in [2.05, 4.69) is 14.9 Å². The van der Waals surface area contributed by atoms with E-state index in [0.717, 1.165) is 0 Å². The Hall–Kier alpha value is -2.04. The number of rotatable bonds is 2. The zero-order chi connectivity index (χ0) is 9.97. The Bertz CT molecular complexity index is 431. The Balaban J connectivity index is 2.31. The van der Waals surface area contributed by atoms with Crippen LogP contribution in [0.2, 0.25) is 0 Å². The van der Waals surface area contributed by atoms with Crippen molar-refractivity contribution in [1.29, 1.82) is 0 Å². The van der Waals surface area contributed by atoms with E-state index in [9.17, 15) is 4.79 Å². The number of hydrogen-bond donors (Lipinski definition) is 1. The van der Waals surface area contributed by atoms with Crippen molar-refractivity contribution in [1.82, 2.24) is 10.2 Å². The lowest BCUT2D eigenvalue weighted by molar-refractivity contribution is 0.0594. The number of esters is 1. The van der Waals surface area contributed by atoms with E-state index in [1.54, 1.807) is 24.5 Å². The molecule has 2 heterocycles. The molecule has 5 nitrogen and oxygen atoms in total. The Morgan fingerprint density at radius 3 is 3.14 bits per heavy atom. The van der Waals surface area contributed by atoms with Crippen LogP contribution in [-0.2, 0) is 4.74 Å². The Labute approximate surface area is 79.7 Å². The van der Waals surface area contributed by atoms with Gasteiger partial charge in [0.1, 0.15) is 11.4 Å². The summed E-state index contributed by atoms with van der Waals surface area (Å²) < 4.78 is 9.64. The topological polar surface area (TPSA) is 68.1 Å². The minimum absolute atomic E-state index is 0.305. The maximum absolute atomic E-state index is 11.1. The maximum Gasteiger partial charge on any atom is 0.356 e. The van der Waals surface area contributed by atoms with Crippen LogP contribution in [0.1, 0.15) is 10.5 Å². The Morgan fingerprint density at radius 1 is 1.64 bits per heavy atom. The molecule has 2 aromatic heterocycles. The number of ether oxygens (including phenoxy) is 1. The molecular formula is C9H8N2O3. The fourth-order valence-electron chi connectivity index (χ4n) is 1.09. The number of aromatic nitrogens is 2. The third-order valence-electron chi connectivity index (χ3n) is 1.76. The van der Waals surface area contributed by atoms with Gasteiger partial charge in [-0.15, -0.1) is 0 Å². The number of H-pyrrole nitrogens is 1. The van der Waals surface area contributed by atoms with Crippen molar-refractivity contribution in [2.45, 2.75) is 0 Å². The number of nitrogens with one attached hydrogen (secondary N) is 1. The van der Waals surface area contributed by atoms with Crippen molar-refractivity contribution in [2.24, 2.45) is 0 Å². The van der Waals surface area contributed by atoms with Crippen molar-refractivity contribution < 1.29 is 13.9 Å². The van der Waals surface area contributed by atoms with E-state index in [4.69, 9.17) is 4.42 Å². The highest BCUT2D eigenvalue weighted by molar-refractivity contribution is 5.88. The van der Waals surface area contributed by atoms with Gasteiger partial charge in [-0.2, -0.15) is 5.10 Å². The van der Waals surface area contributed by atoms with Crippen LogP contribution in [0.4, 0.5) is 0 Å².